The molecule has 1 aromatic carbocycles. The van der Waals surface area contributed by atoms with E-state index < -0.39 is 10.0 Å². The second kappa shape index (κ2) is 5.73. The number of anilines is 1. The van der Waals surface area contributed by atoms with Crippen LogP contribution in [0, 0.1) is 0 Å². The molecule has 118 valence electrons. The summed E-state index contributed by atoms with van der Waals surface area (Å²) in [4.78, 5) is 2.25. The molecule has 0 bridgehead atoms. The van der Waals surface area contributed by atoms with Crippen LogP contribution in [0.4, 0.5) is 5.69 Å². The molecule has 2 heterocycles. The van der Waals surface area contributed by atoms with Gasteiger partial charge in [0.2, 0.25) is 10.0 Å². The van der Waals surface area contributed by atoms with Gasteiger partial charge in [0.05, 0.1) is 17.6 Å². The van der Waals surface area contributed by atoms with Gasteiger partial charge in [-0.05, 0) is 17.7 Å². The third kappa shape index (κ3) is 3.00. The van der Waals surface area contributed by atoms with Crippen molar-refractivity contribution in [3.05, 3.63) is 47.8 Å². The van der Waals surface area contributed by atoms with Crippen molar-refractivity contribution < 1.29 is 8.42 Å². The van der Waals surface area contributed by atoms with E-state index in [1.807, 2.05) is 42.1 Å². The van der Waals surface area contributed by atoms with Crippen LogP contribution in [0.25, 0.3) is 0 Å². The van der Waals surface area contributed by atoms with Crippen molar-refractivity contribution in [3.8, 4) is 0 Å². The monoisotopic (exact) mass is 320 g/mol. The van der Waals surface area contributed by atoms with Crippen LogP contribution in [0.3, 0.4) is 0 Å². The summed E-state index contributed by atoms with van der Waals surface area (Å²) in [6.07, 6.45) is 3.05. The van der Waals surface area contributed by atoms with Crippen LogP contribution in [-0.4, -0.2) is 42.4 Å². The molecule has 0 saturated heterocycles. The third-order valence-corrected chi connectivity index (χ3v) is 5.16. The highest BCUT2D eigenvalue weighted by Crippen LogP contribution is 2.27. The molecule has 6 nitrogen and oxygen atoms in total. The maximum atomic E-state index is 12.1. The molecule has 1 aromatic heterocycles. The molecule has 0 radical (unpaired) electrons. The Bertz CT molecular complexity index is 769. The minimum Gasteiger partial charge on any atom is -0.291 e. The fourth-order valence-electron chi connectivity index (χ4n) is 2.83. The van der Waals surface area contributed by atoms with Crippen molar-refractivity contribution in [1.29, 1.82) is 0 Å². The lowest BCUT2D eigenvalue weighted by Gasteiger charge is -2.22. The molecule has 0 atom stereocenters. The van der Waals surface area contributed by atoms with Crippen molar-refractivity contribution in [2.45, 2.75) is 13.1 Å². The van der Waals surface area contributed by atoms with Gasteiger partial charge >= 0.3 is 0 Å². The highest BCUT2D eigenvalue weighted by molar-refractivity contribution is 7.92. The van der Waals surface area contributed by atoms with Gasteiger partial charge < -0.3 is 0 Å². The van der Waals surface area contributed by atoms with Crippen molar-refractivity contribution in [2.75, 3.05) is 23.7 Å². The molecule has 1 aliphatic rings. The van der Waals surface area contributed by atoms with Gasteiger partial charge in [0.1, 0.15) is 0 Å². The maximum Gasteiger partial charge on any atom is 0.232 e. The zero-order valence-electron chi connectivity index (χ0n) is 12.8. The highest BCUT2D eigenvalue weighted by atomic mass is 32.2. The molecular formula is C15H20N4O2S. The van der Waals surface area contributed by atoms with E-state index in [0.29, 0.717) is 13.1 Å². The van der Waals surface area contributed by atoms with E-state index in [2.05, 4.69) is 10.00 Å². The fraction of sp³-hybridized carbons (Fsp3) is 0.400. The Morgan fingerprint density at radius 1 is 1.18 bits per heavy atom. The topological polar surface area (TPSA) is 58.4 Å². The molecule has 22 heavy (non-hydrogen) atoms. The molecule has 3 rings (SSSR count). The molecule has 0 amide bonds. The number of nitrogens with zero attached hydrogens (tertiary/aromatic N) is 4. The van der Waals surface area contributed by atoms with Crippen LogP contribution in [0.2, 0.25) is 0 Å². The summed E-state index contributed by atoms with van der Waals surface area (Å²) in [7, 11) is -1.35. The zero-order chi connectivity index (χ0) is 15.7. The summed E-state index contributed by atoms with van der Waals surface area (Å²) < 4.78 is 27.5. The standard InChI is InChI=1S/C15H20N4O2S/c1-17-14(7-8-16-17)12-18-9-10-19(22(2,20)21)15-6-4-3-5-13(15)11-18/h3-8H,9-12H2,1-2H3. The molecule has 1 aliphatic heterocycles. The Balaban J connectivity index is 1.90. The molecule has 7 heteroatoms. The maximum absolute atomic E-state index is 12.1. The lowest BCUT2D eigenvalue weighted by atomic mass is 10.1. The minimum absolute atomic E-state index is 0.466. The van der Waals surface area contributed by atoms with Crippen molar-refractivity contribution >= 4 is 15.7 Å². The Labute approximate surface area is 131 Å². The third-order valence-electron chi connectivity index (χ3n) is 3.98. The van der Waals surface area contributed by atoms with Gasteiger partial charge in [0, 0.05) is 39.4 Å². The van der Waals surface area contributed by atoms with Crippen LogP contribution in [-0.2, 0) is 30.2 Å². The van der Waals surface area contributed by atoms with E-state index in [4.69, 9.17) is 0 Å². The van der Waals surface area contributed by atoms with Gasteiger partial charge in [-0.1, -0.05) is 18.2 Å². The average Bonchev–Trinajstić information content (AvgIpc) is 2.75. The van der Waals surface area contributed by atoms with E-state index >= 15 is 0 Å². The second-order valence-corrected chi connectivity index (χ2v) is 7.53. The normalized spacial score (nSPS) is 16.4. The van der Waals surface area contributed by atoms with E-state index in [1.165, 1.54) is 10.6 Å². The predicted octanol–water partition coefficient (Wildman–Crippen LogP) is 1.20. The lowest BCUT2D eigenvalue weighted by Crippen LogP contribution is -2.35. The van der Waals surface area contributed by atoms with Gasteiger partial charge in [-0.25, -0.2) is 8.42 Å². The predicted molar refractivity (Wildman–Crippen MR) is 86.0 cm³/mol. The first kappa shape index (κ1) is 15.1. The SMILES string of the molecule is Cn1nccc1CN1CCN(S(C)(=O)=O)c2ccccc2C1. The van der Waals surface area contributed by atoms with E-state index in [-0.39, 0.29) is 0 Å². The first-order valence-corrected chi connectivity index (χ1v) is 9.05. The summed E-state index contributed by atoms with van der Waals surface area (Å²) in [5.74, 6) is 0. The van der Waals surface area contributed by atoms with Crippen LogP contribution < -0.4 is 4.31 Å². The molecule has 0 unspecified atom stereocenters. The average molecular weight is 320 g/mol. The van der Waals surface area contributed by atoms with Gasteiger partial charge in [0.15, 0.2) is 0 Å². The van der Waals surface area contributed by atoms with E-state index in [0.717, 1.165) is 30.0 Å². The second-order valence-electron chi connectivity index (χ2n) is 5.62. The Morgan fingerprint density at radius 3 is 2.64 bits per heavy atom. The molecule has 0 N–H and O–H groups in total. The molecule has 2 aromatic rings. The van der Waals surface area contributed by atoms with Crippen LogP contribution in [0.1, 0.15) is 11.3 Å². The number of para-hydroxylation sites is 1. The molecule has 0 spiro atoms. The summed E-state index contributed by atoms with van der Waals surface area (Å²) in [5.41, 5.74) is 2.94. The number of rotatable bonds is 3. The quantitative estimate of drug-likeness (QED) is 0.853. The summed E-state index contributed by atoms with van der Waals surface area (Å²) in [5, 5.41) is 4.19. The van der Waals surface area contributed by atoms with Crippen molar-refractivity contribution in [2.24, 2.45) is 7.05 Å². The smallest absolute Gasteiger partial charge is 0.232 e. The molecule has 0 saturated carbocycles. The van der Waals surface area contributed by atoms with Gasteiger partial charge in [-0.3, -0.25) is 13.9 Å². The number of aryl methyl sites for hydroxylation is 1. The summed E-state index contributed by atoms with van der Waals surface area (Å²) >= 11 is 0. The van der Waals surface area contributed by atoms with Crippen LogP contribution in [0.5, 0.6) is 0 Å². The Hall–Kier alpha value is -1.86. The largest absolute Gasteiger partial charge is 0.291 e. The number of sulfonamides is 1. The summed E-state index contributed by atoms with van der Waals surface area (Å²) in [6, 6.07) is 9.70. The first-order valence-electron chi connectivity index (χ1n) is 7.20. The van der Waals surface area contributed by atoms with Gasteiger partial charge in [-0.15, -0.1) is 0 Å². The summed E-state index contributed by atoms with van der Waals surface area (Å²) in [6.45, 7) is 2.64. The van der Waals surface area contributed by atoms with Crippen LogP contribution in [0.15, 0.2) is 36.5 Å². The molecule has 0 fully saturated rings. The Kier molecular flexibility index (Phi) is 3.92. The van der Waals surface area contributed by atoms with E-state index in [9.17, 15) is 8.42 Å². The van der Waals surface area contributed by atoms with E-state index in [1.54, 1.807) is 6.20 Å². The Morgan fingerprint density at radius 2 is 1.95 bits per heavy atom. The number of fused-ring (bicyclic) bond motifs is 1. The molecular weight excluding hydrogens is 300 g/mol. The highest BCUT2D eigenvalue weighted by Gasteiger charge is 2.25. The first-order chi connectivity index (χ1) is 10.4. The number of aromatic nitrogens is 2. The number of hydrogen-bond acceptors (Lipinski definition) is 4. The molecule has 0 aliphatic carbocycles. The fourth-order valence-corrected chi connectivity index (χ4v) is 3.77. The zero-order valence-corrected chi connectivity index (χ0v) is 13.6. The van der Waals surface area contributed by atoms with Gasteiger partial charge in [0.25, 0.3) is 0 Å². The van der Waals surface area contributed by atoms with Crippen molar-refractivity contribution in [1.82, 2.24) is 14.7 Å². The lowest BCUT2D eigenvalue weighted by molar-refractivity contribution is 0.263. The number of hydrogen-bond donors (Lipinski definition) is 0. The van der Waals surface area contributed by atoms with Gasteiger partial charge in [-0.2, -0.15) is 5.10 Å². The minimum atomic E-state index is -3.27. The van der Waals surface area contributed by atoms with Crippen molar-refractivity contribution in [3.63, 3.8) is 0 Å². The van der Waals surface area contributed by atoms with Crippen LogP contribution >= 0.6 is 0 Å². The number of benzene rings is 1.